The number of anilines is 1. The van der Waals surface area contributed by atoms with E-state index in [0.29, 0.717) is 4.47 Å². The Balaban J connectivity index is 3.00. The molecule has 6 heteroatoms. The first-order valence-corrected chi connectivity index (χ1v) is 7.06. The molecule has 0 saturated carbocycles. The first-order valence-electron chi connectivity index (χ1n) is 6.26. The highest BCUT2D eigenvalue weighted by Crippen LogP contribution is 2.23. The number of nitrogens with zero attached hydrogens (tertiary/aromatic N) is 1. The van der Waals surface area contributed by atoms with Crippen LogP contribution in [0.4, 0.5) is 10.5 Å². The van der Waals surface area contributed by atoms with Gasteiger partial charge in [-0.2, -0.15) is 0 Å². The van der Waals surface area contributed by atoms with Crippen LogP contribution in [0.1, 0.15) is 37.6 Å². The summed E-state index contributed by atoms with van der Waals surface area (Å²) in [4.78, 5) is 25.0. The van der Waals surface area contributed by atoms with Gasteiger partial charge in [0.1, 0.15) is 0 Å². The average molecular weight is 343 g/mol. The van der Waals surface area contributed by atoms with Crippen LogP contribution < -0.4 is 5.32 Å². The first kappa shape index (κ1) is 16.5. The Morgan fingerprint density at radius 3 is 2.50 bits per heavy atom. The zero-order chi connectivity index (χ0) is 15.5. The summed E-state index contributed by atoms with van der Waals surface area (Å²) in [6.07, 6.45) is 0.795. The molecule has 0 heterocycles. The number of hydrogen-bond acceptors (Lipinski definition) is 2. The van der Waals surface area contributed by atoms with Crippen LogP contribution in [0.25, 0.3) is 0 Å². The minimum absolute atomic E-state index is 0.0513. The Hall–Kier alpha value is -1.56. The molecule has 0 fully saturated rings. The quantitative estimate of drug-likeness (QED) is 0.874. The molecule has 0 spiro atoms. The van der Waals surface area contributed by atoms with Gasteiger partial charge in [-0.1, -0.05) is 22.9 Å². The molecule has 0 bridgehead atoms. The molecular weight excluding hydrogens is 324 g/mol. The van der Waals surface area contributed by atoms with Crippen LogP contribution in [0.15, 0.2) is 22.7 Å². The molecule has 0 aliphatic rings. The van der Waals surface area contributed by atoms with E-state index in [1.807, 2.05) is 20.8 Å². The lowest BCUT2D eigenvalue weighted by Crippen LogP contribution is -2.46. The van der Waals surface area contributed by atoms with Crippen LogP contribution in [-0.4, -0.2) is 34.6 Å². The minimum Gasteiger partial charge on any atom is -0.478 e. The van der Waals surface area contributed by atoms with Gasteiger partial charge in [-0.3, -0.25) is 0 Å². The van der Waals surface area contributed by atoms with Gasteiger partial charge in [0.05, 0.1) is 11.3 Å². The number of halogens is 1. The van der Waals surface area contributed by atoms with Crippen molar-refractivity contribution >= 4 is 33.6 Å². The molecule has 1 aromatic carbocycles. The fourth-order valence-electron chi connectivity index (χ4n) is 1.51. The molecule has 0 aliphatic heterocycles. The molecule has 0 atom stereocenters. The van der Waals surface area contributed by atoms with Crippen LogP contribution in [-0.2, 0) is 0 Å². The number of benzene rings is 1. The van der Waals surface area contributed by atoms with E-state index in [9.17, 15) is 9.59 Å². The van der Waals surface area contributed by atoms with Gasteiger partial charge in [-0.05, 0) is 38.5 Å². The molecule has 0 radical (unpaired) electrons. The SMILES string of the molecule is CCC(C)(C)N(C)C(=O)Nc1ccc(Br)cc1C(=O)O. The number of nitrogens with one attached hydrogen (secondary N) is 1. The Kier molecular flexibility index (Phi) is 5.16. The van der Waals surface area contributed by atoms with E-state index < -0.39 is 5.97 Å². The van der Waals surface area contributed by atoms with E-state index in [2.05, 4.69) is 21.2 Å². The summed E-state index contributed by atoms with van der Waals surface area (Å²) in [6.45, 7) is 5.89. The lowest BCUT2D eigenvalue weighted by Gasteiger charge is -2.34. The van der Waals surface area contributed by atoms with Crippen molar-refractivity contribution < 1.29 is 14.7 Å². The molecule has 0 aromatic heterocycles. The number of carboxylic acid groups (broad SMARTS) is 1. The Morgan fingerprint density at radius 1 is 1.40 bits per heavy atom. The van der Waals surface area contributed by atoms with Gasteiger partial charge in [0, 0.05) is 17.1 Å². The highest BCUT2D eigenvalue weighted by molar-refractivity contribution is 9.10. The summed E-state index contributed by atoms with van der Waals surface area (Å²) < 4.78 is 0.648. The van der Waals surface area contributed by atoms with Crippen molar-refractivity contribution in [3.63, 3.8) is 0 Å². The highest BCUT2D eigenvalue weighted by Gasteiger charge is 2.26. The van der Waals surface area contributed by atoms with Gasteiger partial charge in [-0.25, -0.2) is 9.59 Å². The number of carbonyl (C=O) groups excluding carboxylic acids is 1. The van der Waals surface area contributed by atoms with Gasteiger partial charge < -0.3 is 15.3 Å². The summed E-state index contributed by atoms with van der Waals surface area (Å²) in [5.74, 6) is -1.08. The van der Waals surface area contributed by atoms with Crippen molar-refractivity contribution in [3.8, 4) is 0 Å². The predicted molar refractivity (Wildman–Crippen MR) is 82.3 cm³/mol. The summed E-state index contributed by atoms with van der Waals surface area (Å²) in [6, 6.07) is 4.38. The van der Waals surface area contributed by atoms with Gasteiger partial charge in [0.15, 0.2) is 0 Å². The van der Waals surface area contributed by atoms with Crippen molar-refractivity contribution in [1.29, 1.82) is 0 Å². The fraction of sp³-hybridized carbons (Fsp3) is 0.429. The van der Waals surface area contributed by atoms with E-state index in [1.54, 1.807) is 24.1 Å². The number of carbonyl (C=O) groups is 2. The summed E-state index contributed by atoms with van der Waals surface area (Å²) in [7, 11) is 1.69. The normalized spacial score (nSPS) is 11.1. The summed E-state index contributed by atoms with van der Waals surface area (Å²) in [5.41, 5.74) is 0.0305. The first-order chi connectivity index (χ1) is 9.19. The maximum atomic E-state index is 12.2. The van der Waals surface area contributed by atoms with Gasteiger partial charge in [0.25, 0.3) is 0 Å². The predicted octanol–water partition coefficient (Wildman–Crippen LogP) is 3.80. The molecule has 0 aliphatic carbocycles. The zero-order valence-corrected chi connectivity index (χ0v) is 13.6. The zero-order valence-electron chi connectivity index (χ0n) is 12.0. The van der Waals surface area contributed by atoms with Crippen LogP contribution >= 0.6 is 15.9 Å². The highest BCUT2D eigenvalue weighted by atomic mass is 79.9. The molecule has 110 valence electrons. The second-order valence-corrected chi connectivity index (χ2v) is 6.07. The van der Waals surface area contributed by atoms with Crippen molar-refractivity contribution in [2.75, 3.05) is 12.4 Å². The van der Waals surface area contributed by atoms with E-state index in [0.717, 1.165) is 6.42 Å². The number of aromatic carboxylic acids is 1. The van der Waals surface area contributed by atoms with Crippen LogP contribution in [0.5, 0.6) is 0 Å². The lowest BCUT2D eigenvalue weighted by molar-refractivity contribution is 0.0698. The van der Waals surface area contributed by atoms with Crippen LogP contribution in [0.2, 0.25) is 0 Å². The maximum absolute atomic E-state index is 12.2. The lowest BCUT2D eigenvalue weighted by atomic mass is 10.0. The molecule has 5 nitrogen and oxygen atoms in total. The Bertz CT molecular complexity index is 529. The molecule has 1 rings (SSSR count). The molecule has 20 heavy (non-hydrogen) atoms. The number of rotatable bonds is 4. The van der Waals surface area contributed by atoms with Crippen LogP contribution in [0.3, 0.4) is 0 Å². The third-order valence-electron chi connectivity index (χ3n) is 3.53. The van der Waals surface area contributed by atoms with E-state index in [-0.39, 0.29) is 22.8 Å². The van der Waals surface area contributed by atoms with E-state index in [1.165, 1.54) is 6.07 Å². The van der Waals surface area contributed by atoms with Crippen LogP contribution in [0, 0.1) is 0 Å². The maximum Gasteiger partial charge on any atom is 0.337 e. The van der Waals surface area contributed by atoms with Crippen molar-refractivity contribution in [2.24, 2.45) is 0 Å². The fourth-order valence-corrected chi connectivity index (χ4v) is 1.87. The molecule has 0 saturated heterocycles. The molecule has 1 aromatic rings. The van der Waals surface area contributed by atoms with E-state index in [4.69, 9.17) is 5.11 Å². The third-order valence-corrected chi connectivity index (χ3v) is 4.02. The van der Waals surface area contributed by atoms with Gasteiger partial charge in [-0.15, -0.1) is 0 Å². The second kappa shape index (κ2) is 6.26. The molecular formula is C14H19BrN2O3. The van der Waals surface area contributed by atoms with Crippen molar-refractivity contribution in [2.45, 2.75) is 32.7 Å². The topological polar surface area (TPSA) is 69.6 Å². The van der Waals surface area contributed by atoms with Crippen molar-refractivity contribution in [3.05, 3.63) is 28.2 Å². The van der Waals surface area contributed by atoms with Crippen molar-refractivity contribution in [1.82, 2.24) is 4.90 Å². The second-order valence-electron chi connectivity index (χ2n) is 5.15. The molecule has 0 unspecified atom stereocenters. The monoisotopic (exact) mass is 342 g/mol. The summed E-state index contributed by atoms with van der Waals surface area (Å²) >= 11 is 3.22. The number of urea groups is 1. The molecule has 2 N–H and O–H groups in total. The standard InChI is InChI=1S/C14H19BrN2O3/c1-5-14(2,3)17(4)13(20)16-11-7-6-9(15)8-10(11)12(18)19/h6-8H,5H2,1-4H3,(H,16,20)(H,18,19). The molecule has 2 amide bonds. The third kappa shape index (κ3) is 3.72. The van der Waals surface area contributed by atoms with Gasteiger partial charge in [0.2, 0.25) is 0 Å². The van der Waals surface area contributed by atoms with Gasteiger partial charge >= 0.3 is 12.0 Å². The smallest absolute Gasteiger partial charge is 0.337 e. The number of hydrogen-bond donors (Lipinski definition) is 2. The number of amides is 2. The summed E-state index contributed by atoms with van der Waals surface area (Å²) in [5, 5.41) is 11.8. The Morgan fingerprint density at radius 2 is 2.00 bits per heavy atom. The largest absolute Gasteiger partial charge is 0.478 e. The Labute approximate surface area is 127 Å². The number of carboxylic acids is 1. The average Bonchev–Trinajstić information content (AvgIpc) is 2.39. The van der Waals surface area contributed by atoms with E-state index >= 15 is 0 Å². The minimum atomic E-state index is -1.08.